The summed E-state index contributed by atoms with van der Waals surface area (Å²) in [7, 11) is 1.65. The standard InChI is InChI=1S/C17H16F3N7O2/c1-21-13-6-12(24-10-3-2-4-22-16(10)29-17(19)20)26-14-8(7-23-27(13)14)15(28)25-11-5-9(11)18/h2-4,6-7,9,11,17,21H,5H2,1H3,(H,24,26)(H,25,28)/t9-,11+/m1/s1. The third-order valence-corrected chi connectivity index (χ3v) is 4.24. The molecule has 3 heterocycles. The first-order chi connectivity index (χ1) is 14.0. The number of hydrogen-bond donors (Lipinski definition) is 3. The molecule has 0 aromatic carbocycles. The summed E-state index contributed by atoms with van der Waals surface area (Å²) in [6.45, 7) is -3.04. The summed E-state index contributed by atoms with van der Waals surface area (Å²) in [5.41, 5.74) is 0.517. The third kappa shape index (κ3) is 3.86. The number of carbonyl (C=O) groups is 1. The molecule has 1 fully saturated rings. The van der Waals surface area contributed by atoms with E-state index in [1.54, 1.807) is 19.2 Å². The van der Waals surface area contributed by atoms with Gasteiger partial charge in [0.1, 0.15) is 29.1 Å². The summed E-state index contributed by atoms with van der Waals surface area (Å²) in [4.78, 5) is 20.6. The van der Waals surface area contributed by atoms with Gasteiger partial charge in [-0.1, -0.05) is 0 Å². The molecule has 12 heteroatoms. The number of nitrogens with one attached hydrogen (secondary N) is 3. The van der Waals surface area contributed by atoms with Gasteiger partial charge in [0.05, 0.1) is 12.2 Å². The van der Waals surface area contributed by atoms with Crippen molar-refractivity contribution in [3.63, 3.8) is 0 Å². The van der Waals surface area contributed by atoms with Gasteiger partial charge in [-0.15, -0.1) is 0 Å². The van der Waals surface area contributed by atoms with Crippen LogP contribution < -0.4 is 20.7 Å². The Balaban J connectivity index is 1.68. The molecule has 0 aliphatic heterocycles. The second kappa shape index (κ2) is 7.45. The number of anilines is 3. The minimum absolute atomic E-state index is 0.152. The molecule has 0 saturated heterocycles. The maximum Gasteiger partial charge on any atom is 0.388 e. The Labute approximate surface area is 162 Å². The van der Waals surface area contributed by atoms with Gasteiger partial charge in [0, 0.05) is 25.7 Å². The topological polar surface area (TPSA) is 105 Å². The highest BCUT2D eigenvalue weighted by Crippen LogP contribution is 2.28. The van der Waals surface area contributed by atoms with E-state index in [9.17, 15) is 18.0 Å². The van der Waals surface area contributed by atoms with Crippen molar-refractivity contribution in [2.24, 2.45) is 0 Å². The predicted octanol–water partition coefficient (Wildman–Crippen LogP) is 2.35. The lowest BCUT2D eigenvalue weighted by Crippen LogP contribution is -2.27. The molecule has 1 aliphatic rings. The first-order valence-corrected chi connectivity index (χ1v) is 8.64. The van der Waals surface area contributed by atoms with Crippen LogP contribution in [0.3, 0.4) is 0 Å². The summed E-state index contributed by atoms with van der Waals surface area (Å²) >= 11 is 0. The van der Waals surface area contributed by atoms with Gasteiger partial charge >= 0.3 is 6.61 Å². The Kier molecular flexibility index (Phi) is 4.82. The van der Waals surface area contributed by atoms with Gasteiger partial charge in [-0.05, 0) is 12.1 Å². The molecule has 0 bridgehead atoms. The summed E-state index contributed by atoms with van der Waals surface area (Å²) in [5, 5.41) is 12.5. The van der Waals surface area contributed by atoms with Gasteiger partial charge in [-0.25, -0.2) is 14.4 Å². The van der Waals surface area contributed by atoms with Crippen LogP contribution in [0.1, 0.15) is 16.8 Å². The average molecular weight is 407 g/mol. The largest absolute Gasteiger partial charge is 0.415 e. The van der Waals surface area contributed by atoms with Crippen LogP contribution in [0.4, 0.5) is 30.5 Å². The van der Waals surface area contributed by atoms with Crippen molar-refractivity contribution in [3.05, 3.63) is 36.2 Å². The number of fused-ring (bicyclic) bond motifs is 1. The predicted molar refractivity (Wildman–Crippen MR) is 97.5 cm³/mol. The molecule has 2 atom stereocenters. The van der Waals surface area contributed by atoms with Crippen molar-refractivity contribution < 1.29 is 22.7 Å². The van der Waals surface area contributed by atoms with E-state index in [2.05, 4.69) is 35.8 Å². The minimum atomic E-state index is -3.04. The highest BCUT2D eigenvalue weighted by Gasteiger charge is 2.39. The molecule has 3 N–H and O–H groups in total. The molecule has 3 aromatic heterocycles. The lowest BCUT2D eigenvalue weighted by Gasteiger charge is -2.13. The van der Waals surface area contributed by atoms with E-state index in [1.165, 1.54) is 23.0 Å². The molecule has 29 heavy (non-hydrogen) atoms. The average Bonchev–Trinajstić information content (AvgIpc) is 3.20. The normalized spacial score (nSPS) is 18.0. The van der Waals surface area contributed by atoms with Crippen LogP contribution >= 0.6 is 0 Å². The Hall–Kier alpha value is -3.57. The van der Waals surface area contributed by atoms with Crippen molar-refractivity contribution in [2.75, 3.05) is 17.7 Å². The number of rotatable bonds is 7. The van der Waals surface area contributed by atoms with E-state index in [0.717, 1.165) is 0 Å². The lowest BCUT2D eigenvalue weighted by atomic mass is 10.3. The fourth-order valence-electron chi connectivity index (χ4n) is 2.73. The Morgan fingerprint density at radius 1 is 1.41 bits per heavy atom. The number of amides is 1. The highest BCUT2D eigenvalue weighted by molar-refractivity contribution is 6.00. The zero-order valence-electron chi connectivity index (χ0n) is 15.1. The fourth-order valence-corrected chi connectivity index (χ4v) is 2.73. The van der Waals surface area contributed by atoms with E-state index in [0.29, 0.717) is 5.82 Å². The summed E-state index contributed by atoms with van der Waals surface area (Å²) in [6, 6.07) is 4.10. The van der Waals surface area contributed by atoms with Crippen molar-refractivity contribution in [3.8, 4) is 5.88 Å². The molecule has 9 nitrogen and oxygen atoms in total. The van der Waals surface area contributed by atoms with Crippen LogP contribution in [0.5, 0.6) is 5.88 Å². The Bertz CT molecular complexity index is 1060. The summed E-state index contributed by atoms with van der Waals surface area (Å²) in [6.07, 6.45) is 1.87. The number of alkyl halides is 3. The molecular formula is C17H16F3N7O2. The molecule has 1 saturated carbocycles. The van der Waals surface area contributed by atoms with Crippen molar-refractivity contribution in [1.82, 2.24) is 24.9 Å². The zero-order chi connectivity index (χ0) is 20.5. The van der Waals surface area contributed by atoms with E-state index in [4.69, 9.17) is 0 Å². The van der Waals surface area contributed by atoms with Crippen LogP contribution in [0.25, 0.3) is 5.65 Å². The number of nitrogens with zero attached hydrogens (tertiary/aromatic N) is 4. The maximum absolute atomic E-state index is 13.1. The second-order valence-corrected chi connectivity index (χ2v) is 6.26. The SMILES string of the molecule is CNc1cc(Nc2cccnc2OC(F)F)nc2c(C(=O)N[C@H]3C[C@H]3F)cnn12. The number of hydrogen-bond acceptors (Lipinski definition) is 7. The van der Waals surface area contributed by atoms with Gasteiger partial charge in [-0.2, -0.15) is 18.4 Å². The van der Waals surface area contributed by atoms with Gasteiger partial charge in [0.25, 0.3) is 5.91 Å². The quantitative estimate of drug-likeness (QED) is 0.552. The zero-order valence-corrected chi connectivity index (χ0v) is 15.1. The first kappa shape index (κ1) is 18.8. The highest BCUT2D eigenvalue weighted by atomic mass is 19.3. The number of halogens is 3. The monoisotopic (exact) mass is 407 g/mol. The fraction of sp³-hybridized carbons (Fsp3) is 0.294. The van der Waals surface area contributed by atoms with Crippen molar-refractivity contribution in [1.29, 1.82) is 0 Å². The van der Waals surface area contributed by atoms with Crippen LogP contribution in [0.2, 0.25) is 0 Å². The van der Waals surface area contributed by atoms with Crippen LogP contribution in [0.15, 0.2) is 30.6 Å². The van der Waals surface area contributed by atoms with E-state index in [-0.39, 0.29) is 35.0 Å². The van der Waals surface area contributed by atoms with Crippen LogP contribution in [-0.2, 0) is 0 Å². The molecule has 0 unspecified atom stereocenters. The van der Waals surface area contributed by atoms with Crippen LogP contribution in [-0.4, -0.2) is 51.4 Å². The number of ether oxygens (including phenoxy) is 1. The van der Waals surface area contributed by atoms with Gasteiger partial charge in [0.15, 0.2) is 5.65 Å². The second-order valence-electron chi connectivity index (χ2n) is 6.26. The van der Waals surface area contributed by atoms with Gasteiger partial charge < -0.3 is 20.7 Å². The van der Waals surface area contributed by atoms with E-state index in [1.807, 2.05) is 0 Å². The molecule has 3 aromatic rings. The Morgan fingerprint density at radius 2 is 2.21 bits per heavy atom. The van der Waals surface area contributed by atoms with Crippen molar-refractivity contribution >= 4 is 28.9 Å². The molecule has 0 spiro atoms. The number of pyridine rings is 1. The van der Waals surface area contributed by atoms with E-state index >= 15 is 0 Å². The molecule has 152 valence electrons. The maximum atomic E-state index is 13.1. The number of carbonyl (C=O) groups excluding carboxylic acids is 1. The van der Waals surface area contributed by atoms with Gasteiger partial charge in [0.2, 0.25) is 5.88 Å². The smallest absolute Gasteiger partial charge is 0.388 e. The summed E-state index contributed by atoms with van der Waals surface area (Å²) in [5.74, 6) is -0.0887. The molecule has 1 amide bonds. The lowest BCUT2D eigenvalue weighted by molar-refractivity contribution is -0.0523. The molecule has 1 aliphatic carbocycles. The van der Waals surface area contributed by atoms with E-state index < -0.39 is 24.7 Å². The summed E-state index contributed by atoms with van der Waals surface area (Å²) < 4.78 is 44.1. The number of aromatic nitrogens is 4. The van der Waals surface area contributed by atoms with Crippen LogP contribution in [0, 0.1) is 0 Å². The van der Waals surface area contributed by atoms with Gasteiger partial charge in [-0.3, -0.25) is 4.79 Å². The van der Waals surface area contributed by atoms with Crippen molar-refractivity contribution in [2.45, 2.75) is 25.2 Å². The molecular weight excluding hydrogens is 391 g/mol. The molecule has 4 rings (SSSR count). The Morgan fingerprint density at radius 3 is 2.90 bits per heavy atom. The molecule has 0 radical (unpaired) electrons. The minimum Gasteiger partial charge on any atom is -0.415 e. The third-order valence-electron chi connectivity index (χ3n) is 4.24. The first-order valence-electron chi connectivity index (χ1n) is 8.64.